The molecular weight excluding hydrogens is 190 g/mol. The summed E-state index contributed by atoms with van der Waals surface area (Å²) in [6.07, 6.45) is 0.597. The first-order valence-corrected chi connectivity index (χ1v) is 4.96. The molecule has 0 bridgehead atoms. The maximum Gasteiger partial charge on any atom is 0.267 e. The zero-order chi connectivity index (χ0) is 10.2. The number of nitrogens with one attached hydrogen (secondary N) is 1. The van der Waals surface area contributed by atoms with Gasteiger partial charge in [-0.2, -0.15) is 0 Å². The lowest BCUT2D eigenvalue weighted by Crippen LogP contribution is -2.36. The molecule has 2 saturated heterocycles. The summed E-state index contributed by atoms with van der Waals surface area (Å²) < 4.78 is 25.7. The molecule has 14 heavy (non-hydrogen) atoms. The van der Waals surface area contributed by atoms with Crippen LogP contribution in [0.4, 0.5) is 8.78 Å². The van der Waals surface area contributed by atoms with Crippen LogP contribution < -0.4 is 5.32 Å². The Labute approximate surface area is 81.4 Å². The van der Waals surface area contributed by atoms with E-state index >= 15 is 0 Å². The van der Waals surface area contributed by atoms with Crippen molar-refractivity contribution < 1.29 is 13.6 Å². The van der Waals surface area contributed by atoms with Gasteiger partial charge in [0.25, 0.3) is 5.92 Å². The third kappa shape index (κ3) is 1.87. The van der Waals surface area contributed by atoms with Gasteiger partial charge in [-0.3, -0.25) is 4.79 Å². The highest BCUT2D eigenvalue weighted by molar-refractivity contribution is 5.79. The Morgan fingerprint density at radius 1 is 1.50 bits per heavy atom. The molecule has 80 valence electrons. The lowest BCUT2D eigenvalue weighted by atomic mass is 10.1. The van der Waals surface area contributed by atoms with Crippen LogP contribution in [-0.4, -0.2) is 42.9 Å². The Morgan fingerprint density at radius 2 is 2.29 bits per heavy atom. The monoisotopic (exact) mass is 204 g/mol. The van der Waals surface area contributed by atoms with Gasteiger partial charge in [-0.15, -0.1) is 0 Å². The van der Waals surface area contributed by atoms with Gasteiger partial charge in [0.05, 0.1) is 12.5 Å². The molecule has 1 N–H and O–H groups in total. The molecule has 0 aliphatic carbocycles. The minimum absolute atomic E-state index is 0.0797. The van der Waals surface area contributed by atoms with Crippen LogP contribution in [0, 0.1) is 5.92 Å². The minimum Gasteiger partial charge on any atom is -0.336 e. The second-order valence-corrected chi connectivity index (χ2v) is 4.06. The van der Waals surface area contributed by atoms with E-state index in [-0.39, 0.29) is 31.3 Å². The third-order valence-electron chi connectivity index (χ3n) is 2.89. The molecule has 2 fully saturated rings. The van der Waals surface area contributed by atoms with Crippen LogP contribution in [0.5, 0.6) is 0 Å². The van der Waals surface area contributed by atoms with Gasteiger partial charge in [0.1, 0.15) is 0 Å². The van der Waals surface area contributed by atoms with Crippen molar-refractivity contribution in [3.05, 3.63) is 0 Å². The van der Waals surface area contributed by atoms with E-state index in [1.165, 1.54) is 4.90 Å². The van der Waals surface area contributed by atoms with Gasteiger partial charge in [-0.05, 0) is 13.0 Å². The van der Waals surface area contributed by atoms with E-state index in [1.807, 2.05) is 0 Å². The summed E-state index contributed by atoms with van der Waals surface area (Å²) in [4.78, 5) is 13.0. The molecule has 1 amide bonds. The number of carbonyl (C=O) groups excluding carboxylic acids is 1. The van der Waals surface area contributed by atoms with Crippen molar-refractivity contribution in [2.24, 2.45) is 5.92 Å². The molecule has 0 aromatic carbocycles. The molecule has 0 saturated carbocycles. The van der Waals surface area contributed by atoms with Crippen LogP contribution in [0.25, 0.3) is 0 Å². The fourth-order valence-corrected chi connectivity index (χ4v) is 2.05. The molecule has 0 radical (unpaired) electrons. The summed E-state index contributed by atoms with van der Waals surface area (Å²) >= 11 is 0. The molecule has 2 aliphatic rings. The van der Waals surface area contributed by atoms with Crippen molar-refractivity contribution in [3.63, 3.8) is 0 Å². The molecule has 0 unspecified atom stereocenters. The number of halogens is 2. The van der Waals surface area contributed by atoms with Crippen molar-refractivity contribution in [1.29, 1.82) is 0 Å². The summed E-state index contributed by atoms with van der Waals surface area (Å²) in [7, 11) is 0. The highest BCUT2D eigenvalue weighted by Crippen LogP contribution is 2.28. The Balaban J connectivity index is 1.92. The topological polar surface area (TPSA) is 32.3 Å². The predicted molar refractivity (Wildman–Crippen MR) is 47.1 cm³/mol. The number of alkyl halides is 2. The molecule has 0 spiro atoms. The van der Waals surface area contributed by atoms with Gasteiger partial charge in [-0.1, -0.05) is 0 Å². The zero-order valence-electron chi connectivity index (χ0n) is 7.93. The van der Waals surface area contributed by atoms with E-state index in [0.717, 1.165) is 13.0 Å². The molecular formula is C9H14F2N2O. The molecule has 0 aromatic heterocycles. The normalized spacial score (nSPS) is 31.0. The average Bonchev–Trinajstić information content (AvgIpc) is 2.72. The average molecular weight is 204 g/mol. The SMILES string of the molecule is O=C([C@@H]1CCNC1)N1CCC(F)(F)C1. The first-order valence-electron chi connectivity index (χ1n) is 4.96. The Hall–Kier alpha value is -0.710. The first-order chi connectivity index (χ1) is 6.58. The van der Waals surface area contributed by atoms with Gasteiger partial charge in [-0.25, -0.2) is 8.78 Å². The van der Waals surface area contributed by atoms with E-state index in [9.17, 15) is 13.6 Å². The van der Waals surface area contributed by atoms with Crippen LogP contribution in [0.3, 0.4) is 0 Å². The number of nitrogens with zero attached hydrogens (tertiary/aromatic N) is 1. The molecule has 5 heteroatoms. The van der Waals surface area contributed by atoms with Crippen LogP contribution >= 0.6 is 0 Å². The van der Waals surface area contributed by atoms with E-state index in [4.69, 9.17) is 0 Å². The fraction of sp³-hybridized carbons (Fsp3) is 0.889. The second kappa shape index (κ2) is 3.46. The number of rotatable bonds is 1. The number of carbonyl (C=O) groups is 1. The van der Waals surface area contributed by atoms with E-state index < -0.39 is 5.92 Å². The second-order valence-electron chi connectivity index (χ2n) is 4.06. The van der Waals surface area contributed by atoms with Crippen LogP contribution in [0.15, 0.2) is 0 Å². The van der Waals surface area contributed by atoms with Gasteiger partial charge in [0.15, 0.2) is 0 Å². The Morgan fingerprint density at radius 3 is 2.79 bits per heavy atom. The lowest BCUT2D eigenvalue weighted by Gasteiger charge is -2.19. The quantitative estimate of drug-likeness (QED) is 0.673. The van der Waals surface area contributed by atoms with Crippen molar-refractivity contribution in [3.8, 4) is 0 Å². The summed E-state index contributed by atoms with van der Waals surface area (Å²) in [5, 5.41) is 3.06. The standard InChI is InChI=1S/C9H14F2N2O/c10-9(11)2-4-13(6-9)8(14)7-1-3-12-5-7/h7,12H,1-6H2/t7-/m1/s1. The first kappa shape index (κ1) is 9.83. The number of hydrogen-bond donors (Lipinski definition) is 1. The molecule has 2 aliphatic heterocycles. The number of hydrogen-bond acceptors (Lipinski definition) is 2. The van der Waals surface area contributed by atoms with E-state index in [0.29, 0.717) is 6.54 Å². The van der Waals surface area contributed by atoms with Crippen molar-refractivity contribution in [2.45, 2.75) is 18.8 Å². The predicted octanol–water partition coefficient (Wildman–Crippen LogP) is 0.464. The maximum atomic E-state index is 12.8. The smallest absolute Gasteiger partial charge is 0.267 e. The van der Waals surface area contributed by atoms with Crippen molar-refractivity contribution in [1.82, 2.24) is 10.2 Å². The minimum atomic E-state index is -2.66. The van der Waals surface area contributed by atoms with Gasteiger partial charge in [0, 0.05) is 19.5 Å². The molecule has 0 aromatic rings. The van der Waals surface area contributed by atoms with Crippen LogP contribution in [0.1, 0.15) is 12.8 Å². The highest BCUT2D eigenvalue weighted by Gasteiger charge is 2.42. The number of amides is 1. The number of likely N-dealkylation sites (tertiary alicyclic amines) is 1. The summed E-state index contributed by atoms with van der Waals surface area (Å²) in [5.74, 6) is -2.85. The van der Waals surface area contributed by atoms with Crippen molar-refractivity contribution >= 4 is 5.91 Å². The Bertz CT molecular complexity index is 239. The summed E-state index contributed by atoms with van der Waals surface area (Å²) in [6.45, 7) is 1.28. The largest absolute Gasteiger partial charge is 0.336 e. The fourth-order valence-electron chi connectivity index (χ4n) is 2.05. The van der Waals surface area contributed by atoms with Gasteiger partial charge >= 0.3 is 0 Å². The molecule has 2 heterocycles. The van der Waals surface area contributed by atoms with Crippen LogP contribution in [-0.2, 0) is 4.79 Å². The summed E-state index contributed by atoms with van der Waals surface area (Å²) in [5.41, 5.74) is 0. The van der Waals surface area contributed by atoms with Crippen LogP contribution in [0.2, 0.25) is 0 Å². The molecule has 3 nitrogen and oxygen atoms in total. The van der Waals surface area contributed by atoms with E-state index in [1.54, 1.807) is 0 Å². The summed E-state index contributed by atoms with van der Waals surface area (Å²) in [6, 6.07) is 0. The maximum absolute atomic E-state index is 12.8. The van der Waals surface area contributed by atoms with Crippen molar-refractivity contribution in [2.75, 3.05) is 26.2 Å². The zero-order valence-corrected chi connectivity index (χ0v) is 7.93. The highest BCUT2D eigenvalue weighted by atomic mass is 19.3. The van der Waals surface area contributed by atoms with Gasteiger partial charge in [0.2, 0.25) is 5.91 Å². The molecule has 1 atom stereocenters. The Kier molecular flexibility index (Phi) is 2.43. The third-order valence-corrected chi connectivity index (χ3v) is 2.89. The molecule has 2 rings (SSSR count). The lowest BCUT2D eigenvalue weighted by molar-refractivity contribution is -0.135. The van der Waals surface area contributed by atoms with E-state index in [2.05, 4.69) is 5.32 Å². The van der Waals surface area contributed by atoms with Gasteiger partial charge < -0.3 is 10.2 Å².